The van der Waals surface area contributed by atoms with Gasteiger partial charge >= 0.3 is 5.97 Å². The van der Waals surface area contributed by atoms with Gasteiger partial charge in [-0.3, -0.25) is 14.5 Å². The van der Waals surface area contributed by atoms with Crippen molar-refractivity contribution in [2.24, 2.45) is 11.1 Å². The molecule has 3 N–H and O–H groups in total. The van der Waals surface area contributed by atoms with Crippen LogP contribution in [0, 0.1) is 5.92 Å². The number of piperidine rings is 1. The number of ether oxygens (including phenoxy) is 1. The summed E-state index contributed by atoms with van der Waals surface area (Å²) in [5.41, 5.74) is 0.777. The summed E-state index contributed by atoms with van der Waals surface area (Å²) in [6.07, 6.45) is 1.63. The molecule has 150 valence electrons. The van der Waals surface area contributed by atoms with Gasteiger partial charge in [0, 0.05) is 6.54 Å². The SMILES string of the molecule is CCOC(=O)[C@@H]1CCCN(CC(=O)N[C@@H](C)c2ccc(S(N)(=O)=O)cc2)C1. The van der Waals surface area contributed by atoms with Crippen LogP contribution in [0.4, 0.5) is 0 Å². The van der Waals surface area contributed by atoms with Crippen molar-refractivity contribution >= 4 is 21.9 Å². The molecule has 0 bridgehead atoms. The molecule has 1 heterocycles. The number of primary sulfonamides is 1. The van der Waals surface area contributed by atoms with E-state index in [9.17, 15) is 18.0 Å². The molecule has 1 saturated heterocycles. The molecule has 1 aromatic rings. The maximum absolute atomic E-state index is 12.3. The summed E-state index contributed by atoms with van der Waals surface area (Å²) in [5, 5.41) is 7.98. The second-order valence-corrected chi connectivity index (χ2v) is 8.29. The van der Waals surface area contributed by atoms with Crippen LogP contribution in [0.1, 0.15) is 38.3 Å². The van der Waals surface area contributed by atoms with Crippen LogP contribution in [0.2, 0.25) is 0 Å². The lowest BCUT2D eigenvalue weighted by Gasteiger charge is -2.31. The van der Waals surface area contributed by atoms with E-state index in [-0.39, 0.29) is 35.3 Å². The Bertz CT molecular complexity index is 764. The summed E-state index contributed by atoms with van der Waals surface area (Å²) in [6.45, 7) is 5.45. The molecule has 0 unspecified atom stereocenters. The average Bonchev–Trinajstić information content (AvgIpc) is 2.61. The van der Waals surface area contributed by atoms with Crippen LogP contribution in [0.25, 0.3) is 0 Å². The second kappa shape index (κ2) is 9.29. The Morgan fingerprint density at radius 1 is 1.33 bits per heavy atom. The van der Waals surface area contributed by atoms with E-state index in [1.807, 2.05) is 11.8 Å². The Kier molecular flexibility index (Phi) is 7.34. The predicted octanol–water partition coefficient (Wildman–Crippen LogP) is 0.786. The number of sulfonamides is 1. The van der Waals surface area contributed by atoms with Crippen molar-refractivity contribution < 1.29 is 22.7 Å². The zero-order valence-electron chi connectivity index (χ0n) is 15.7. The van der Waals surface area contributed by atoms with E-state index in [0.717, 1.165) is 24.9 Å². The van der Waals surface area contributed by atoms with Crippen molar-refractivity contribution in [2.75, 3.05) is 26.2 Å². The number of benzene rings is 1. The minimum Gasteiger partial charge on any atom is -0.466 e. The lowest BCUT2D eigenvalue weighted by Crippen LogP contribution is -2.45. The van der Waals surface area contributed by atoms with Gasteiger partial charge in [-0.15, -0.1) is 0 Å². The fourth-order valence-electron chi connectivity index (χ4n) is 3.17. The lowest BCUT2D eigenvalue weighted by atomic mass is 9.98. The first-order chi connectivity index (χ1) is 12.7. The normalized spacial score (nSPS) is 19.3. The average molecular weight is 397 g/mol. The summed E-state index contributed by atoms with van der Waals surface area (Å²) in [6, 6.07) is 5.81. The topological polar surface area (TPSA) is 119 Å². The number of nitrogens with zero attached hydrogens (tertiary/aromatic N) is 1. The van der Waals surface area contributed by atoms with Crippen molar-refractivity contribution in [1.29, 1.82) is 0 Å². The van der Waals surface area contributed by atoms with E-state index in [2.05, 4.69) is 5.32 Å². The standard InChI is InChI=1S/C18H27N3O5S/c1-3-26-18(23)15-5-4-10-21(11-15)12-17(22)20-13(2)14-6-8-16(9-7-14)27(19,24)25/h6-9,13,15H,3-5,10-12H2,1-2H3,(H,20,22)(H2,19,24,25)/t13-,15+/m0/s1. The zero-order chi connectivity index (χ0) is 20.0. The summed E-state index contributed by atoms with van der Waals surface area (Å²) in [7, 11) is -3.74. The van der Waals surface area contributed by atoms with Crippen molar-refractivity contribution in [1.82, 2.24) is 10.2 Å². The minimum atomic E-state index is -3.74. The maximum Gasteiger partial charge on any atom is 0.310 e. The molecule has 1 amide bonds. The number of rotatable bonds is 7. The minimum absolute atomic E-state index is 0.0306. The number of carbonyl (C=O) groups excluding carboxylic acids is 2. The first-order valence-electron chi connectivity index (χ1n) is 9.01. The van der Waals surface area contributed by atoms with E-state index in [1.165, 1.54) is 12.1 Å². The van der Waals surface area contributed by atoms with Gasteiger partial charge in [-0.1, -0.05) is 12.1 Å². The molecule has 2 rings (SSSR count). The molecular weight excluding hydrogens is 370 g/mol. The third kappa shape index (κ3) is 6.30. The third-order valence-electron chi connectivity index (χ3n) is 4.58. The van der Waals surface area contributed by atoms with E-state index < -0.39 is 10.0 Å². The highest BCUT2D eigenvalue weighted by molar-refractivity contribution is 7.89. The predicted molar refractivity (Wildman–Crippen MR) is 100 cm³/mol. The summed E-state index contributed by atoms with van der Waals surface area (Å²) >= 11 is 0. The summed E-state index contributed by atoms with van der Waals surface area (Å²) in [5.74, 6) is -0.539. The Morgan fingerprint density at radius 3 is 2.59 bits per heavy atom. The van der Waals surface area contributed by atoms with Gasteiger partial charge in [0.15, 0.2) is 0 Å². The number of nitrogens with two attached hydrogens (primary N) is 1. The largest absolute Gasteiger partial charge is 0.466 e. The van der Waals surface area contributed by atoms with Gasteiger partial charge in [-0.2, -0.15) is 0 Å². The highest BCUT2D eigenvalue weighted by atomic mass is 32.2. The lowest BCUT2D eigenvalue weighted by molar-refractivity contribution is -0.150. The Morgan fingerprint density at radius 2 is 2.00 bits per heavy atom. The number of nitrogens with one attached hydrogen (secondary N) is 1. The number of amides is 1. The molecule has 9 heteroatoms. The number of likely N-dealkylation sites (tertiary alicyclic amines) is 1. The molecule has 0 saturated carbocycles. The smallest absolute Gasteiger partial charge is 0.310 e. The van der Waals surface area contributed by atoms with E-state index in [1.54, 1.807) is 19.1 Å². The highest BCUT2D eigenvalue weighted by Crippen LogP contribution is 2.18. The van der Waals surface area contributed by atoms with Gasteiger partial charge in [0.2, 0.25) is 15.9 Å². The zero-order valence-corrected chi connectivity index (χ0v) is 16.5. The number of hydrogen-bond acceptors (Lipinski definition) is 6. The molecule has 27 heavy (non-hydrogen) atoms. The fraction of sp³-hybridized carbons (Fsp3) is 0.556. The molecule has 1 aromatic carbocycles. The molecular formula is C18H27N3O5S. The molecule has 0 aromatic heterocycles. The van der Waals surface area contributed by atoms with Gasteiger partial charge in [-0.25, -0.2) is 13.6 Å². The van der Waals surface area contributed by atoms with Crippen LogP contribution >= 0.6 is 0 Å². The maximum atomic E-state index is 12.3. The molecule has 0 spiro atoms. The Hall–Kier alpha value is -1.97. The number of hydrogen-bond donors (Lipinski definition) is 2. The van der Waals surface area contributed by atoms with E-state index >= 15 is 0 Å². The fourth-order valence-corrected chi connectivity index (χ4v) is 3.69. The Labute approximate surface area is 160 Å². The van der Waals surface area contributed by atoms with Crippen LogP contribution in [-0.2, 0) is 24.3 Å². The second-order valence-electron chi connectivity index (χ2n) is 6.73. The Balaban J connectivity index is 1.88. The van der Waals surface area contributed by atoms with Crippen LogP contribution in [0.3, 0.4) is 0 Å². The van der Waals surface area contributed by atoms with Gasteiger partial charge in [0.05, 0.1) is 30.0 Å². The van der Waals surface area contributed by atoms with Gasteiger partial charge in [0.1, 0.15) is 0 Å². The first kappa shape index (κ1) is 21.3. The van der Waals surface area contributed by atoms with Crippen LogP contribution < -0.4 is 10.5 Å². The molecule has 1 aliphatic heterocycles. The van der Waals surface area contributed by atoms with Crippen LogP contribution in [0.5, 0.6) is 0 Å². The van der Waals surface area contributed by atoms with Crippen LogP contribution in [0.15, 0.2) is 29.2 Å². The molecule has 1 aliphatic rings. The molecule has 0 aliphatic carbocycles. The van der Waals surface area contributed by atoms with Gasteiger partial charge in [-0.05, 0) is 50.9 Å². The van der Waals surface area contributed by atoms with Crippen molar-refractivity contribution in [3.8, 4) is 0 Å². The molecule has 0 radical (unpaired) electrons. The molecule has 1 fully saturated rings. The first-order valence-corrected chi connectivity index (χ1v) is 10.6. The summed E-state index contributed by atoms with van der Waals surface area (Å²) < 4.78 is 27.7. The van der Waals surface area contributed by atoms with Crippen molar-refractivity contribution in [3.63, 3.8) is 0 Å². The summed E-state index contributed by atoms with van der Waals surface area (Å²) in [4.78, 5) is 26.2. The van der Waals surface area contributed by atoms with Crippen LogP contribution in [-0.4, -0.2) is 51.4 Å². The van der Waals surface area contributed by atoms with Crippen molar-refractivity contribution in [2.45, 2.75) is 37.6 Å². The van der Waals surface area contributed by atoms with Gasteiger partial charge < -0.3 is 10.1 Å². The van der Waals surface area contributed by atoms with Crippen molar-refractivity contribution in [3.05, 3.63) is 29.8 Å². The third-order valence-corrected chi connectivity index (χ3v) is 5.51. The number of esters is 1. The number of carbonyl (C=O) groups is 2. The van der Waals surface area contributed by atoms with E-state index in [4.69, 9.17) is 9.88 Å². The molecule has 8 nitrogen and oxygen atoms in total. The van der Waals surface area contributed by atoms with Gasteiger partial charge in [0.25, 0.3) is 0 Å². The monoisotopic (exact) mass is 397 g/mol. The van der Waals surface area contributed by atoms with E-state index in [0.29, 0.717) is 13.2 Å². The molecule has 2 atom stereocenters. The highest BCUT2D eigenvalue weighted by Gasteiger charge is 2.28. The quantitative estimate of drug-likeness (QED) is 0.657.